The van der Waals surface area contributed by atoms with E-state index in [1.807, 2.05) is 18.2 Å². The standard InChI is InChI=1S/C18H27NO5/c1-19(11-17(23-4)24-5)18(20)14-8-9-16(22-3)15-10-12(21-2)6-7-13(14)15/h6-7,10,14,16-17H,8-9,11H2,1-5H3. The second-order valence-corrected chi connectivity index (χ2v) is 5.97. The van der Waals surface area contributed by atoms with Crippen LogP contribution in [0.3, 0.4) is 0 Å². The predicted molar refractivity (Wildman–Crippen MR) is 90.2 cm³/mol. The van der Waals surface area contributed by atoms with Crippen molar-refractivity contribution in [1.29, 1.82) is 0 Å². The van der Waals surface area contributed by atoms with Crippen molar-refractivity contribution in [3.8, 4) is 5.75 Å². The van der Waals surface area contributed by atoms with Gasteiger partial charge in [-0.15, -0.1) is 0 Å². The van der Waals surface area contributed by atoms with Crippen LogP contribution in [0.2, 0.25) is 0 Å². The van der Waals surface area contributed by atoms with Gasteiger partial charge < -0.3 is 23.8 Å². The van der Waals surface area contributed by atoms with Crippen LogP contribution in [0.4, 0.5) is 0 Å². The minimum absolute atomic E-state index is 0.00449. The molecule has 6 heteroatoms. The Morgan fingerprint density at radius 2 is 1.88 bits per heavy atom. The van der Waals surface area contributed by atoms with E-state index in [4.69, 9.17) is 18.9 Å². The molecule has 0 saturated heterocycles. The minimum atomic E-state index is -0.426. The fourth-order valence-corrected chi connectivity index (χ4v) is 3.23. The van der Waals surface area contributed by atoms with Crippen LogP contribution in [0.25, 0.3) is 0 Å². The Balaban J connectivity index is 2.24. The van der Waals surface area contributed by atoms with Gasteiger partial charge in [0.2, 0.25) is 5.91 Å². The summed E-state index contributed by atoms with van der Waals surface area (Å²) < 4.78 is 21.3. The Labute approximate surface area is 143 Å². The summed E-state index contributed by atoms with van der Waals surface area (Å²) in [5.41, 5.74) is 2.04. The summed E-state index contributed by atoms with van der Waals surface area (Å²) >= 11 is 0. The van der Waals surface area contributed by atoms with Gasteiger partial charge in [-0.25, -0.2) is 0 Å². The first-order valence-corrected chi connectivity index (χ1v) is 8.06. The Hall–Kier alpha value is -1.63. The lowest BCUT2D eigenvalue weighted by Crippen LogP contribution is -2.39. The summed E-state index contributed by atoms with van der Waals surface area (Å²) in [6.07, 6.45) is 1.13. The summed E-state index contributed by atoms with van der Waals surface area (Å²) in [6.45, 7) is 0.390. The summed E-state index contributed by atoms with van der Waals surface area (Å²) in [7, 11) is 8.25. The Kier molecular flexibility index (Phi) is 6.60. The molecular weight excluding hydrogens is 310 g/mol. The first-order valence-electron chi connectivity index (χ1n) is 8.06. The number of methoxy groups -OCH3 is 4. The van der Waals surface area contributed by atoms with Gasteiger partial charge in [-0.3, -0.25) is 4.79 Å². The average Bonchev–Trinajstić information content (AvgIpc) is 2.63. The third kappa shape index (κ3) is 3.88. The minimum Gasteiger partial charge on any atom is -0.497 e. The normalized spacial score (nSPS) is 19.9. The number of fused-ring (bicyclic) bond motifs is 1. The van der Waals surface area contributed by atoms with Gasteiger partial charge in [0, 0.05) is 28.4 Å². The van der Waals surface area contributed by atoms with Crippen LogP contribution < -0.4 is 4.74 Å². The second kappa shape index (κ2) is 8.46. The van der Waals surface area contributed by atoms with E-state index in [2.05, 4.69) is 0 Å². The molecule has 0 heterocycles. The highest BCUT2D eigenvalue weighted by Gasteiger charge is 2.34. The molecule has 1 aromatic carbocycles. The first kappa shape index (κ1) is 18.7. The van der Waals surface area contributed by atoms with Gasteiger partial charge in [-0.05, 0) is 36.1 Å². The zero-order chi connectivity index (χ0) is 17.7. The highest BCUT2D eigenvalue weighted by atomic mass is 16.7. The van der Waals surface area contributed by atoms with Crippen molar-refractivity contribution < 1.29 is 23.7 Å². The van der Waals surface area contributed by atoms with Crippen LogP contribution in [0.5, 0.6) is 5.75 Å². The maximum Gasteiger partial charge on any atom is 0.230 e. The third-order valence-electron chi connectivity index (χ3n) is 4.64. The lowest BCUT2D eigenvalue weighted by molar-refractivity contribution is -0.144. The van der Waals surface area contributed by atoms with Gasteiger partial charge in [0.25, 0.3) is 0 Å². The number of likely N-dealkylation sites (N-methyl/N-ethyl adjacent to an activating group) is 1. The predicted octanol–water partition coefficient (Wildman–Crippen LogP) is 2.34. The summed E-state index contributed by atoms with van der Waals surface area (Å²) in [5.74, 6) is 0.655. The zero-order valence-electron chi connectivity index (χ0n) is 15.1. The molecule has 0 fully saturated rings. The van der Waals surface area contributed by atoms with Crippen molar-refractivity contribution in [3.05, 3.63) is 29.3 Å². The zero-order valence-corrected chi connectivity index (χ0v) is 15.1. The van der Waals surface area contributed by atoms with E-state index in [-0.39, 0.29) is 17.9 Å². The van der Waals surface area contributed by atoms with Gasteiger partial charge in [0.1, 0.15) is 5.75 Å². The van der Waals surface area contributed by atoms with E-state index in [0.717, 1.165) is 29.7 Å². The maximum atomic E-state index is 12.9. The number of nitrogens with zero attached hydrogens (tertiary/aromatic N) is 1. The van der Waals surface area contributed by atoms with Crippen LogP contribution in [-0.4, -0.2) is 59.1 Å². The lowest BCUT2D eigenvalue weighted by atomic mass is 9.80. The molecule has 0 N–H and O–H groups in total. The molecule has 0 bridgehead atoms. The number of hydrogen-bond acceptors (Lipinski definition) is 5. The molecule has 0 radical (unpaired) electrons. The van der Waals surface area contributed by atoms with Crippen LogP contribution >= 0.6 is 0 Å². The molecule has 1 amide bonds. The van der Waals surface area contributed by atoms with E-state index in [9.17, 15) is 4.79 Å². The topological polar surface area (TPSA) is 57.2 Å². The van der Waals surface area contributed by atoms with Crippen molar-refractivity contribution in [2.45, 2.75) is 31.2 Å². The van der Waals surface area contributed by atoms with Gasteiger partial charge >= 0.3 is 0 Å². The Morgan fingerprint density at radius 1 is 1.17 bits per heavy atom. The van der Waals surface area contributed by atoms with Crippen molar-refractivity contribution in [2.75, 3.05) is 42.0 Å². The third-order valence-corrected chi connectivity index (χ3v) is 4.64. The summed E-state index contributed by atoms with van der Waals surface area (Å²) in [5, 5.41) is 0. The molecule has 2 unspecified atom stereocenters. The molecule has 1 aliphatic rings. The van der Waals surface area contributed by atoms with Crippen LogP contribution in [-0.2, 0) is 19.0 Å². The first-order chi connectivity index (χ1) is 11.5. The number of carbonyl (C=O) groups is 1. The average molecular weight is 337 g/mol. The van der Waals surface area contributed by atoms with Crippen molar-refractivity contribution in [1.82, 2.24) is 4.90 Å². The van der Waals surface area contributed by atoms with E-state index < -0.39 is 6.29 Å². The smallest absolute Gasteiger partial charge is 0.230 e. The maximum absolute atomic E-state index is 12.9. The molecule has 6 nitrogen and oxygen atoms in total. The SMILES string of the molecule is COc1ccc2c(c1)C(OC)CCC2C(=O)N(C)CC(OC)OC. The monoisotopic (exact) mass is 337 g/mol. The molecule has 1 aromatic rings. The highest BCUT2D eigenvalue weighted by Crippen LogP contribution is 2.41. The Morgan fingerprint density at radius 3 is 2.46 bits per heavy atom. The molecule has 2 rings (SSSR count). The van der Waals surface area contributed by atoms with Crippen LogP contribution in [0.1, 0.15) is 36.0 Å². The van der Waals surface area contributed by atoms with Crippen molar-refractivity contribution in [3.63, 3.8) is 0 Å². The fraction of sp³-hybridized carbons (Fsp3) is 0.611. The number of hydrogen-bond donors (Lipinski definition) is 0. The van der Waals surface area contributed by atoms with Gasteiger partial charge in [0.05, 0.1) is 25.7 Å². The van der Waals surface area contributed by atoms with Gasteiger partial charge in [0.15, 0.2) is 6.29 Å². The highest BCUT2D eigenvalue weighted by molar-refractivity contribution is 5.84. The Bertz CT molecular complexity index is 558. The van der Waals surface area contributed by atoms with Crippen molar-refractivity contribution in [2.24, 2.45) is 0 Å². The summed E-state index contributed by atoms with van der Waals surface area (Å²) in [6, 6.07) is 5.83. The number of ether oxygens (including phenoxy) is 4. The number of carbonyl (C=O) groups excluding carboxylic acids is 1. The molecule has 0 saturated carbocycles. The second-order valence-electron chi connectivity index (χ2n) is 5.97. The number of amides is 1. The van der Waals surface area contributed by atoms with Crippen LogP contribution in [0.15, 0.2) is 18.2 Å². The molecule has 134 valence electrons. The number of rotatable bonds is 7. The molecule has 1 aliphatic carbocycles. The van der Waals surface area contributed by atoms with E-state index in [0.29, 0.717) is 6.54 Å². The summed E-state index contributed by atoms with van der Waals surface area (Å²) in [4.78, 5) is 14.6. The molecule has 24 heavy (non-hydrogen) atoms. The van der Waals surface area contributed by atoms with Gasteiger partial charge in [-0.1, -0.05) is 6.07 Å². The molecule has 2 atom stereocenters. The van der Waals surface area contributed by atoms with Gasteiger partial charge in [-0.2, -0.15) is 0 Å². The molecular formula is C18H27NO5. The molecule has 0 spiro atoms. The van der Waals surface area contributed by atoms with E-state index in [1.54, 1.807) is 40.4 Å². The van der Waals surface area contributed by atoms with Crippen molar-refractivity contribution >= 4 is 5.91 Å². The lowest BCUT2D eigenvalue weighted by Gasteiger charge is -2.33. The quantitative estimate of drug-likeness (QED) is 0.715. The molecule has 0 aromatic heterocycles. The fourth-order valence-electron chi connectivity index (χ4n) is 3.23. The number of benzene rings is 1. The van der Waals surface area contributed by atoms with E-state index in [1.165, 1.54) is 0 Å². The van der Waals surface area contributed by atoms with E-state index >= 15 is 0 Å². The molecule has 0 aliphatic heterocycles. The largest absolute Gasteiger partial charge is 0.497 e. The van der Waals surface area contributed by atoms with Crippen LogP contribution in [0, 0.1) is 0 Å².